The third-order valence-electron chi connectivity index (χ3n) is 10.1. The number of hydrogen-bond donors (Lipinski definition) is 1. The Morgan fingerprint density at radius 3 is 2.33 bits per heavy atom. The lowest BCUT2D eigenvalue weighted by atomic mass is 9.77. The Morgan fingerprint density at radius 2 is 1.67 bits per heavy atom. The largest absolute Gasteiger partial charge is 0.489 e. The van der Waals surface area contributed by atoms with Crippen molar-refractivity contribution < 1.29 is 19.4 Å². The van der Waals surface area contributed by atoms with E-state index in [1.54, 1.807) is 6.20 Å². The van der Waals surface area contributed by atoms with E-state index in [0.29, 0.717) is 54.0 Å². The van der Waals surface area contributed by atoms with Crippen molar-refractivity contribution in [2.45, 2.75) is 50.8 Å². The van der Waals surface area contributed by atoms with Crippen LogP contribution in [0, 0.1) is 11.3 Å². The summed E-state index contributed by atoms with van der Waals surface area (Å²) in [5.41, 5.74) is 2.72. The zero-order valence-corrected chi connectivity index (χ0v) is 29.5. The topological polar surface area (TPSA) is 118 Å². The number of amides is 1. The maximum absolute atomic E-state index is 11.1. The quantitative estimate of drug-likeness (QED) is 0.257. The van der Waals surface area contributed by atoms with Crippen LogP contribution in [0.25, 0.3) is 0 Å². The number of nitriles is 1. The van der Waals surface area contributed by atoms with Crippen molar-refractivity contribution in [3.8, 4) is 17.6 Å². The Labute approximate surface area is 297 Å². The molecule has 0 spiro atoms. The number of nitrogens with zero attached hydrogens (tertiary/aromatic N) is 7. The molecule has 49 heavy (non-hydrogen) atoms. The first-order valence-corrected chi connectivity index (χ1v) is 17.8. The van der Waals surface area contributed by atoms with Gasteiger partial charge < -0.3 is 24.4 Å². The van der Waals surface area contributed by atoms with E-state index in [1.807, 2.05) is 42.5 Å². The van der Waals surface area contributed by atoms with Gasteiger partial charge in [-0.15, -0.1) is 11.6 Å². The number of benzene rings is 2. The van der Waals surface area contributed by atoms with Crippen LogP contribution in [0.4, 0.5) is 10.7 Å². The average Bonchev–Trinajstić information content (AvgIpc) is 3.10. The monoisotopic (exact) mass is 707 g/mol. The number of alkyl halides is 1. The predicted molar refractivity (Wildman–Crippen MR) is 189 cm³/mol. The van der Waals surface area contributed by atoms with Gasteiger partial charge in [0.25, 0.3) is 0 Å². The lowest BCUT2D eigenvalue weighted by Gasteiger charge is -2.48. The number of halogens is 2. The normalized spacial score (nSPS) is 18.2. The number of ether oxygens (including phenoxy) is 2. The van der Waals surface area contributed by atoms with Gasteiger partial charge in [0.15, 0.2) is 5.75 Å². The van der Waals surface area contributed by atoms with E-state index in [2.05, 4.69) is 39.6 Å². The summed E-state index contributed by atoms with van der Waals surface area (Å²) in [5, 5.41) is 19.2. The van der Waals surface area contributed by atoms with Gasteiger partial charge in [0.1, 0.15) is 25.0 Å². The zero-order chi connectivity index (χ0) is 34.5. The van der Waals surface area contributed by atoms with E-state index >= 15 is 0 Å². The number of carboxylic acid groups (broad SMARTS) is 1. The highest BCUT2D eigenvalue weighted by atomic mass is 35.5. The Kier molecular flexibility index (Phi) is 11.0. The fraction of sp³-hybridized carbons (Fsp3) is 0.500. The summed E-state index contributed by atoms with van der Waals surface area (Å²) in [7, 11) is 0. The standard InChI is InChI=1S/C36H43Cl2N7O4/c1-36(2,27-19-25(21-39)33(32(38)20-27)48-18-10-37)26-3-5-31(6-4-26)49-24-28-7-11-40-34(41-28)44-16-14-43(15-17-44)29-8-12-42(13-9-29)30-22-45(23-30)35(46)47/h3-7,11,19-20,29-30H,8-10,12-18,22-24H2,1-2H3,(H,46,47). The highest BCUT2D eigenvalue weighted by molar-refractivity contribution is 6.32. The molecule has 0 saturated carbocycles. The van der Waals surface area contributed by atoms with E-state index in [9.17, 15) is 10.1 Å². The first kappa shape index (κ1) is 35.0. The molecule has 3 fully saturated rings. The molecule has 1 N–H and O–H groups in total. The summed E-state index contributed by atoms with van der Waals surface area (Å²) in [4.78, 5) is 29.3. The van der Waals surface area contributed by atoms with Crippen LogP contribution in [-0.4, -0.2) is 113 Å². The van der Waals surface area contributed by atoms with Crippen LogP contribution in [0.2, 0.25) is 5.02 Å². The summed E-state index contributed by atoms with van der Waals surface area (Å²) in [6.07, 6.45) is 3.24. The maximum atomic E-state index is 11.1. The Bertz CT molecular complexity index is 1650. The number of likely N-dealkylation sites (tertiary alicyclic amines) is 2. The van der Waals surface area contributed by atoms with Gasteiger partial charge in [-0.05, 0) is 54.3 Å². The van der Waals surface area contributed by atoms with E-state index < -0.39 is 11.5 Å². The number of hydrogen-bond acceptors (Lipinski definition) is 9. The molecule has 3 aliphatic rings. The fourth-order valence-electron chi connectivity index (χ4n) is 6.98. The minimum atomic E-state index is -0.811. The molecule has 4 heterocycles. The van der Waals surface area contributed by atoms with Gasteiger partial charge in [-0.3, -0.25) is 9.80 Å². The predicted octanol–water partition coefficient (Wildman–Crippen LogP) is 5.47. The summed E-state index contributed by atoms with van der Waals surface area (Å²) in [6, 6.07) is 16.7. The molecule has 3 aromatic rings. The highest BCUT2D eigenvalue weighted by Gasteiger charge is 2.37. The fourth-order valence-corrected chi connectivity index (χ4v) is 7.33. The van der Waals surface area contributed by atoms with Gasteiger partial charge in [0.05, 0.1) is 22.2 Å². The van der Waals surface area contributed by atoms with Crippen LogP contribution in [0.5, 0.6) is 11.5 Å². The molecule has 0 unspecified atom stereocenters. The summed E-state index contributed by atoms with van der Waals surface area (Å²) in [6.45, 7) is 11.8. The van der Waals surface area contributed by atoms with E-state index in [0.717, 1.165) is 80.6 Å². The van der Waals surface area contributed by atoms with Crippen molar-refractivity contribution in [3.05, 3.63) is 76.1 Å². The lowest BCUT2D eigenvalue weighted by Crippen LogP contribution is -2.63. The van der Waals surface area contributed by atoms with Crippen LogP contribution in [0.3, 0.4) is 0 Å². The Balaban J connectivity index is 0.990. The smallest absolute Gasteiger partial charge is 0.407 e. The molecule has 13 heteroatoms. The molecule has 6 rings (SSSR count). The van der Waals surface area contributed by atoms with Crippen molar-refractivity contribution in [2.24, 2.45) is 0 Å². The van der Waals surface area contributed by atoms with Gasteiger partial charge in [0.2, 0.25) is 5.95 Å². The van der Waals surface area contributed by atoms with Gasteiger partial charge in [-0.1, -0.05) is 37.6 Å². The van der Waals surface area contributed by atoms with Gasteiger partial charge in [0, 0.05) is 76.1 Å². The number of piperazine rings is 1. The molecule has 11 nitrogen and oxygen atoms in total. The van der Waals surface area contributed by atoms with Crippen molar-refractivity contribution >= 4 is 35.2 Å². The molecule has 0 aliphatic carbocycles. The van der Waals surface area contributed by atoms with Crippen molar-refractivity contribution in [3.63, 3.8) is 0 Å². The number of carbonyl (C=O) groups is 1. The molecule has 3 saturated heterocycles. The minimum absolute atomic E-state index is 0.272. The minimum Gasteiger partial charge on any atom is -0.489 e. The summed E-state index contributed by atoms with van der Waals surface area (Å²) in [5.74, 6) is 2.13. The van der Waals surface area contributed by atoms with Crippen molar-refractivity contribution in [2.75, 3.05) is 69.7 Å². The molecule has 0 bridgehead atoms. The summed E-state index contributed by atoms with van der Waals surface area (Å²) >= 11 is 12.3. The Morgan fingerprint density at radius 1 is 0.980 bits per heavy atom. The number of anilines is 1. The third kappa shape index (κ3) is 7.99. The van der Waals surface area contributed by atoms with E-state index in [1.165, 1.54) is 4.90 Å². The zero-order valence-electron chi connectivity index (χ0n) is 28.0. The van der Waals surface area contributed by atoms with Crippen molar-refractivity contribution in [1.82, 2.24) is 24.7 Å². The molecule has 2 aromatic carbocycles. The molecule has 0 atom stereocenters. The number of rotatable bonds is 11. The van der Waals surface area contributed by atoms with Crippen LogP contribution < -0.4 is 14.4 Å². The second-order valence-electron chi connectivity index (χ2n) is 13.4. The second kappa shape index (κ2) is 15.4. The van der Waals surface area contributed by atoms with Crippen molar-refractivity contribution in [1.29, 1.82) is 5.26 Å². The molecule has 260 valence electrons. The van der Waals surface area contributed by atoms with Gasteiger partial charge in [-0.2, -0.15) is 5.26 Å². The van der Waals surface area contributed by atoms with Crippen LogP contribution in [0.1, 0.15) is 49.1 Å². The van der Waals surface area contributed by atoms with E-state index in [4.69, 9.17) is 42.8 Å². The first-order chi connectivity index (χ1) is 23.7. The summed E-state index contributed by atoms with van der Waals surface area (Å²) < 4.78 is 11.7. The Hall–Kier alpha value is -3.82. The molecular weight excluding hydrogens is 665 g/mol. The van der Waals surface area contributed by atoms with E-state index in [-0.39, 0.29) is 6.61 Å². The number of aromatic nitrogens is 2. The van der Waals surface area contributed by atoms with Crippen LogP contribution >= 0.6 is 23.2 Å². The molecule has 1 amide bonds. The average molecular weight is 709 g/mol. The van der Waals surface area contributed by atoms with Crippen LogP contribution in [-0.2, 0) is 12.0 Å². The molecule has 0 radical (unpaired) electrons. The first-order valence-electron chi connectivity index (χ1n) is 16.9. The van der Waals surface area contributed by atoms with Crippen LogP contribution in [0.15, 0.2) is 48.7 Å². The third-order valence-corrected chi connectivity index (χ3v) is 10.6. The van der Waals surface area contributed by atoms with Gasteiger partial charge >= 0.3 is 6.09 Å². The second-order valence-corrected chi connectivity index (χ2v) is 14.2. The lowest BCUT2D eigenvalue weighted by molar-refractivity contribution is 0.00974. The maximum Gasteiger partial charge on any atom is 0.407 e. The molecule has 1 aromatic heterocycles. The molecular formula is C36H43Cl2N7O4. The highest BCUT2D eigenvalue weighted by Crippen LogP contribution is 2.38. The molecule has 3 aliphatic heterocycles. The SMILES string of the molecule is CC(C)(c1ccc(OCc2ccnc(N3CCN(C4CCN(C5CN(C(=O)O)C5)CC4)CC3)n2)cc1)c1cc(Cl)c(OCCCl)c(C#N)c1. The van der Waals surface area contributed by atoms with Gasteiger partial charge in [-0.25, -0.2) is 14.8 Å². The number of piperidine rings is 1.